The van der Waals surface area contributed by atoms with Gasteiger partial charge < -0.3 is 15.5 Å². The van der Waals surface area contributed by atoms with Crippen LogP contribution in [0.15, 0.2) is 24.3 Å². The van der Waals surface area contributed by atoms with Gasteiger partial charge in [-0.05, 0) is 24.6 Å². The lowest BCUT2D eigenvalue weighted by molar-refractivity contribution is -0.145. The average Bonchev–Trinajstić information content (AvgIpc) is 2.17. The van der Waals surface area contributed by atoms with Gasteiger partial charge in [-0.25, -0.2) is 4.79 Å². The Kier molecular flexibility index (Phi) is 2.94. The van der Waals surface area contributed by atoms with Crippen molar-refractivity contribution in [1.82, 2.24) is 5.32 Å². The van der Waals surface area contributed by atoms with Gasteiger partial charge in [0.2, 0.25) is 6.41 Å². The predicted octanol–water partition coefficient (Wildman–Crippen LogP) is 0.438. The molecule has 0 aromatic heterocycles. The lowest BCUT2D eigenvalue weighted by Gasteiger charge is -2.24. The van der Waals surface area contributed by atoms with Gasteiger partial charge >= 0.3 is 5.97 Å². The highest BCUT2D eigenvalue weighted by molar-refractivity contribution is 5.82. The van der Waals surface area contributed by atoms with Gasteiger partial charge in [-0.15, -0.1) is 0 Å². The van der Waals surface area contributed by atoms with Crippen LogP contribution < -0.4 is 5.32 Å². The molecule has 0 fully saturated rings. The minimum Gasteiger partial charge on any atom is -0.508 e. The average molecular weight is 209 g/mol. The van der Waals surface area contributed by atoms with Crippen molar-refractivity contribution in [3.05, 3.63) is 29.8 Å². The summed E-state index contributed by atoms with van der Waals surface area (Å²) in [6, 6.07) is 5.75. The van der Waals surface area contributed by atoms with Gasteiger partial charge in [0.15, 0.2) is 5.54 Å². The number of carboxylic acids is 1. The van der Waals surface area contributed by atoms with Crippen LogP contribution in [0.2, 0.25) is 0 Å². The molecule has 1 unspecified atom stereocenters. The normalized spacial score (nSPS) is 13.9. The van der Waals surface area contributed by atoms with E-state index < -0.39 is 11.5 Å². The van der Waals surface area contributed by atoms with Crippen LogP contribution in [0.1, 0.15) is 12.5 Å². The standard InChI is InChI=1S/C10H11NO4/c1-10(9(14)15,11-6-12)7-3-2-4-8(13)5-7/h2-6,13H,1H3,(H,11,12)(H,14,15). The molecule has 0 spiro atoms. The molecule has 0 aliphatic carbocycles. The topological polar surface area (TPSA) is 86.6 Å². The van der Waals surface area contributed by atoms with Crippen LogP contribution in [-0.2, 0) is 15.1 Å². The first-order chi connectivity index (χ1) is 7.00. The summed E-state index contributed by atoms with van der Waals surface area (Å²) in [6.45, 7) is 1.35. The second kappa shape index (κ2) is 4.00. The summed E-state index contributed by atoms with van der Waals surface area (Å²) in [5.74, 6) is -1.24. The van der Waals surface area contributed by atoms with E-state index in [0.717, 1.165) is 0 Å². The molecule has 1 amide bonds. The second-order valence-electron chi connectivity index (χ2n) is 3.24. The Morgan fingerprint density at radius 3 is 2.67 bits per heavy atom. The third kappa shape index (κ3) is 2.07. The molecule has 5 nitrogen and oxygen atoms in total. The van der Waals surface area contributed by atoms with Crippen molar-refractivity contribution in [2.45, 2.75) is 12.5 Å². The van der Waals surface area contributed by atoms with Crippen LogP contribution in [0.3, 0.4) is 0 Å². The molecular formula is C10H11NO4. The Hall–Kier alpha value is -2.04. The number of nitrogens with one attached hydrogen (secondary N) is 1. The SMILES string of the molecule is CC(NC=O)(C(=O)O)c1cccc(O)c1. The summed E-state index contributed by atoms with van der Waals surface area (Å²) in [7, 11) is 0. The smallest absolute Gasteiger partial charge is 0.333 e. The molecular weight excluding hydrogens is 198 g/mol. The van der Waals surface area contributed by atoms with Gasteiger partial charge in [-0.3, -0.25) is 4.79 Å². The zero-order valence-electron chi connectivity index (χ0n) is 8.10. The third-order valence-corrected chi connectivity index (χ3v) is 2.20. The molecule has 3 N–H and O–H groups in total. The minimum absolute atomic E-state index is 0.0485. The highest BCUT2D eigenvalue weighted by atomic mass is 16.4. The van der Waals surface area contributed by atoms with Gasteiger partial charge in [0.25, 0.3) is 0 Å². The first kappa shape index (κ1) is 11.0. The van der Waals surface area contributed by atoms with Crippen molar-refractivity contribution in [3.63, 3.8) is 0 Å². The summed E-state index contributed by atoms with van der Waals surface area (Å²) in [5.41, 5.74) is -1.22. The van der Waals surface area contributed by atoms with Crippen molar-refractivity contribution in [2.24, 2.45) is 0 Å². The Morgan fingerprint density at radius 1 is 1.53 bits per heavy atom. The van der Waals surface area contributed by atoms with Gasteiger partial charge in [0.1, 0.15) is 5.75 Å². The Bertz CT molecular complexity index is 391. The lowest BCUT2D eigenvalue weighted by Crippen LogP contribution is -2.45. The number of hydrogen-bond acceptors (Lipinski definition) is 3. The van der Waals surface area contributed by atoms with E-state index in [9.17, 15) is 14.7 Å². The van der Waals surface area contributed by atoms with Crippen LogP contribution in [0.5, 0.6) is 5.75 Å². The molecule has 0 saturated carbocycles. The number of amides is 1. The van der Waals surface area contributed by atoms with Crippen molar-refractivity contribution in [3.8, 4) is 5.75 Å². The molecule has 0 bridgehead atoms. The van der Waals surface area contributed by atoms with E-state index >= 15 is 0 Å². The number of carboxylic acid groups (broad SMARTS) is 1. The summed E-state index contributed by atoms with van der Waals surface area (Å²) >= 11 is 0. The van der Waals surface area contributed by atoms with E-state index in [0.29, 0.717) is 12.0 Å². The van der Waals surface area contributed by atoms with Crippen LogP contribution in [-0.4, -0.2) is 22.6 Å². The fourth-order valence-corrected chi connectivity index (χ4v) is 1.20. The zero-order chi connectivity index (χ0) is 11.5. The van der Waals surface area contributed by atoms with Crippen molar-refractivity contribution >= 4 is 12.4 Å². The van der Waals surface area contributed by atoms with E-state index in [1.165, 1.54) is 31.2 Å². The lowest BCUT2D eigenvalue weighted by atomic mass is 9.92. The molecule has 80 valence electrons. The Labute approximate surface area is 86.4 Å². The van der Waals surface area contributed by atoms with Gasteiger partial charge in [-0.2, -0.15) is 0 Å². The maximum absolute atomic E-state index is 11.0. The third-order valence-electron chi connectivity index (χ3n) is 2.20. The molecule has 15 heavy (non-hydrogen) atoms. The second-order valence-corrected chi connectivity index (χ2v) is 3.24. The van der Waals surface area contributed by atoms with E-state index in [1.807, 2.05) is 0 Å². The molecule has 0 radical (unpaired) electrons. The first-order valence-corrected chi connectivity index (χ1v) is 4.25. The summed E-state index contributed by atoms with van der Waals surface area (Å²) in [6.07, 6.45) is 0.318. The molecule has 5 heteroatoms. The van der Waals surface area contributed by atoms with E-state index in [4.69, 9.17) is 5.11 Å². The molecule has 0 aliphatic heterocycles. The summed E-state index contributed by atoms with van der Waals surface area (Å²) in [4.78, 5) is 21.4. The maximum atomic E-state index is 11.0. The van der Waals surface area contributed by atoms with Crippen LogP contribution in [0, 0.1) is 0 Å². The fraction of sp³-hybridized carbons (Fsp3) is 0.200. The largest absolute Gasteiger partial charge is 0.508 e. The number of carbonyl (C=O) groups excluding carboxylic acids is 1. The molecule has 1 rings (SSSR count). The van der Waals surface area contributed by atoms with Gasteiger partial charge in [0, 0.05) is 0 Å². The number of phenols is 1. The monoisotopic (exact) mass is 209 g/mol. The molecule has 0 heterocycles. The van der Waals surface area contributed by atoms with Gasteiger partial charge in [0.05, 0.1) is 0 Å². The van der Waals surface area contributed by atoms with Crippen molar-refractivity contribution in [2.75, 3.05) is 0 Å². The summed E-state index contributed by atoms with van der Waals surface area (Å²) < 4.78 is 0. The molecule has 0 aliphatic rings. The number of phenolic OH excluding ortho intramolecular Hbond substituents is 1. The Balaban J connectivity index is 3.20. The van der Waals surface area contributed by atoms with Crippen LogP contribution >= 0.6 is 0 Å². The number of rotatable bonds is 4. The Morgan fingerprint density at radius 2 is 2.20 bits per heavy atom. The number of benzene rings is 1. The number of aliphatic carboxylic acids is 1. The van der Waals surface area contributed by atoms with Crippen molar-refractivity contribution < 1.29 is 19.8 Å². The molecule has 0 saturated heterocycles. The molecule has 1 aromatic rings. The highest BCUT2D eigenvalue weighted by Gasteiger charge is 2.34. The van der Waals surface area contributed by atoms with E-state index in [2.05, 4.69) is 5.32 Å². The van der Waals surface area contributed by atoms with Crippen LogP contribution in [0.4, 0.5) is 0 Å². The van der Waals surface area contributed by atoms with E-state index in [1.54, 1.807) is 0 Å². The molecule has 1 atom stereocenters. The van der Waals surface area contributed by atoms with Crippen LogP contribution in [0.25, 0.3) is 0 Å². The number of carbonyl (C=O) groups is 2. The number of aromatic hydroxyl groups is 1. The maximum Gasteiger partial charge on any atom is 0.333 e. The fourth-order valence-electron chi connectivity index (χ4n) is 1.20. The highest BCUT2D eigenvalue weighted by Crippen LogP contribution is 2.23. The first-order valence-electron chi connectivity index (χ1n) is 4.25. The quantitative estimate of drug-likeness (QED) is 0.628. The minimum atomic E-state index is -1.53. The van der Waals surface area contributed by atoms with Gasteiger partial charge in [-0.1, -0.05) is 12.1 Å². The number of hydrogen-bond donors (Lipinski definition) is 3. The zero-order valence-corrected chi connectivity index (χ0v) is 8.10. The summed E-state index contributed by atoms with van der Waals surface area (Å²) in [5, 5.41) is 20.4. The predicted molar refractivity (Wildman–Crippen MR) is 52.3 cm³/mol. The molecule has 1 aromatic carbocycles. The van der Waals surface area contributed by atoms with Crippen molar-refractivity contribution in [1.29, 1.82) is 0 Å². The van der Waals surface area contributed by atoms with E-state index in [-0.39, 0.29) is 5.75 Å².